The number of nitrogens with zero attached hydrogens (tertiary/aromatic N) is 2. The second-order valence-electron chi connectivity index (χ2n) is 5.57. The first-order valence-electron chi connectivity index (χ1n) is 7.07. The van der Waals surface area contributed by atoms with Gasteiger partial charge in [0.2, 0.25) is 0 Å². The van der Waals surface area contributed by atoms with Crippen molar-refractivity contribution in [3.63, 3.8) is 0 Å². The average molecular weight is 261 g/mol. The Balaban J connectivity index is 1.97. The molecule has 0 radical (unpaired) electrons. The molecule has 0 saturated carbocycles. The van der Waals surface area contributed by atoms with Crippen molar-refractivity contribution in [2.75, 3.05) is 6.54 Å². The Morgan fingerprint density at radius 2 is 2.21 bits per heavy atom. The molecule has 0 bridgehead atoms. The van der Waals surface area contributed by atoms with Gasteiger partial charge in [-0.05, 0) is 37.8 Å². The predicted octanol–water partition coefficient (Wildman–Crippen LogP) is 2.97. The van der Waals surface area contributed by atoms with Crippen LogP contribution in [-0.4, -0.2) is 28.5 Å². The Morgan fingerprint density at radius 3 is 2.84 bits per heavy atom. The molecule has 1 aliphatic heterocycles. The molecule has 1 aromatic rings. The van der Waals surface area contributed by atoms with Crippen molar-refractivity contribution in [2.45, 2.75) is 45.7 Å². The minimum Gasteiger partial charge on any atom is -0.330 e. The Kier molecular flexibility index (Phi) is 4.40. The van der Waals surface area contributed by atoms with E-state index >= 15 is 0 Å². The van der Waals surface area contributed by atoms with E-state index in [0.29, 0.717) is 12.0 Å². The van der Waals surface area contributed by atoms with Crippen molar-refractivity contribution < 1.29 is 4.79 Å². The van der Waals surface area contributed by atoms with E-state index in [1.54, 1.807) is 6.20 Å². The first-order valence-corrected chi connectivity index (χ1v) is 7.07. The molecule has 2 unspecified atom stereocenters. The van der Waals surface area contributed by atoms with Gasteiger partial charge < -0.3 is 10.2 Å². The minimum absolute atomic E-state index is 0.0364. The number of hydrogen-bond acceptors (Lipinski definition) is 2. The molecular weight excluding hydrogens is 238 g/mol. The summed E-state index contributed by atoms with van der Waals surface area (Å²) in [6.07, 6.45) is 3.97. The molecule has 1 N–H and O–H groups in total. The molecule has 2 rings (SSSR count). The Bertz CT molecular complexity index is 419. The van der Waals surface area contributed by atoms with Gasteiger partial charge in [-0.1, -0.05) is 19.9 Å². The van der Waals surface area contributed by atoms with Gasteiger partial charge >= 0.3 is 6.03 Å². The molecule has 4 nitrogen and oxygen atoms in total. The van der Waals surface area contributed by atoms with Crippen LogP contribution in [0.2, 0.25) is 0 Å². The smallest absolute Gasteiger partial charge is 0.318 e. The lowest BCUT2D eigenvalue weighted by molar-refractivity contribution is 0.175. The van der Waals surface area contributed by atoms with Crippen LogP contribution in [0.25, 0.3) is 0 Å². The van der Waals surface area contributed by atoms with Crippen molar-refractivity contribution in [1.82, 2.24) is 15.2 Å². The lowest BCUT2D eigenvalue weighted by atomic mass is 10.0. The maximum Gasteiger partial charge on any atom is 0.318 e. The molecule has 2 amide bonds. The van der Waals surface area contributed by atoms with E-state index < -0.39 is 0 Å². The van der Waals surface area contributed by atoms with Crippen molar-refractivity contribution in [2.24, 2.45) is 5.92 Å². The van der Waals surface area contributed by atoms with Crippen molar-refractivity contribution >= 4 is 6.03 Å². The van der Waals surface area contributed by atoms with Gasteiger partial charge in [-0.2, -0.15) is 0 Å². The van der Waals surface area contributed by atoms with Crippen LogP contribution in [0.1, 0.15) is 45.3 Å². The lowest BCUT2D eigenvalue weighted by Crippen LogP contribution is -2.45. The normalized spacial score (nSPS) is 20.6. The summed E-state index contributed by atoms with van der Waals surface area (Å²) in [5.41, 5.74) is 0.899. The topological polar surface area (TPSA) is 45.2 Å². The van der Waals surface area contributed by atoms with Gasteiger partial charge in [0, 0.05) is 18.8 Å². The number of amides is 2. The van der Waals surface area contributed by atoms with Gasteiger partial charge in [-0.3, -0.25) is 4.98 Å². The maximum absolute atomic E-state index is 12.3. The minimum atomic E-state index is -0.0536. The highest BCUT2D eigenvalue weighted by molar-refractivity contribution is 5.75. The number of likely N-dealkylation sites (tertiary alicyclic amines) is 1. The number of pyridine rings is 1. The molecule has 4 heteroatoms. The van der Waals surface area contributed by atoms with E-state index in [1.165, 1.54) is 0 Å². The molecule has 1 saturated heterocycles. The third-order valence-electron chi connectivity index (χ3n) is 3.80. The fourth-order valence-corrected chi connectivity index (χ4v) is 2.71. The predicted molar refractivity (Wildman–Crippen MR) is 75.7 cm³/mol. The van der Waals surface area contributed by atoms with Crippen molar-refractivity contribution in [3.05, 3.63) is 30.1 Å². The summed E-state index contributed by atoms with van der Waals surface area (Å²) in [5.74, 6) is 0.512. The molecular formula is C15H23N3O. The summed E-state index contributed by atoms with van der Waals surface area (Å²) in [4.78, 5) is 18.6. The number of urea groups is 1. The molecule has 0 aromatic carbocycles. The number of hydrogen-bond donors (Lipinski definition) is 1. The maximum atomic E-state index is 12.3. The highest BCUT2D eigenvalue weighted by atomic mass is 16.2. The monoisotopic (exact) mass is 261 g/mol. The highest BCUT2D eigenvalue weighted by Gasteiger charge is 2.31. The fourth-order valence-electron chi connectivity index (χ4n) is 2.71. The summed E-state index contributed by atoms with van der Waals surface area (Å²) in [5, 5.41) is 3.05. The molecule has 0 aliphatic carbocycles. The van der Waals surface area contributed by atoms with Gasteiger partial charge in [0.05, 0.1) is 11.7 Å². The van der Waals surface area contributed by atoms with E-state index in [9.17, 15) is 4.79 Å². The Morgan fingerprint density at radius 1 is 1.42 bits per heavy atom. The van der Waals surface area contributed by atoms with Crippen LogP contribution in [0, 0.1) is 5.92 Å². The summed E-state index contributed by atoms with van der Waals surface area (Å²) < 4.78 is 0. The molecule has 2 heterocycles. The zero-order valence-electron chi connectivity index (χ0n) is 12.0. The van der Waals surface area contributed by atoms with Crippen LogP contribution >= 0.6 is 0 Å². The standard InChI is InChI=1S/C15H23N3O/c1-11(2)14-8-6-10-18(14)15(19)17-12(3)13-7-4-5-9-16-13/h4-5,7,9,11-12,14H,6,8,10H2,1-3H3,(H,17,19). The van der Waals surface area contributed by atoms with Gasteiger partial charge in [-0.25, -0.2) is 4.79 Å². The molecule has 1 aromatic heterocycles. The molecule has 0 spiro atoms. The molecule has 1 aliphatic rings. The largest absolute Gasteiger partial charge is 0.330 e. The van der Waals surface area contributed by atoms with Crippen LogP contribution < -0.4 is 5.32 Å². The highest BCUT2D eigenvalue weighted by Crippen LogP contribution is 2.24. The number of nitrogens with one attached hydrogen (secondary N) is 1. The lowest BCUT2D eigenvalue weighted by Gasteiger charge is -2.29. The van der Waals surface area contributed by atoms with Gasteiger partial charge in [0.15, 0.2) is 0 Å². The third-order valence-corrected chi connectivity index (χ3v) is 3.80. The Labute approximate surface area is 115 Å². The van der Waals surface area contributed by atoms with E-state index in [4.69, 9.17) is 0 Å². The molecule has 19 heavy (non-hydrogen) atoms. The SMILES string of the molecule is CC(NC(=O)N1CCCC1C(C)C)c1ccccn1. The van der Waals surface area contributed by atoms with Crippen LogP contribution in [0.15, 0.2) is 24.4 Å². The summed E-state index contributed by atoms with van der Waals surface area (Å²) >= 11 is 0. The van der Waals surface area contributed by atoms with Gasteiger partial charge in [-0.15, -0.1) is 0 Å². The summed E-state index contributed by atoms with van der Waals surface area (Å²) in [7, 11) is 0. The Hall–Kier alpha value is -1.58. The van der Waals surface area contributed by atoms with E-state index in [-0.39, 0.29) is 12.1 Å². The summed E-state index contributed by atoms with van der Waals surface area (Å²) in [6, 6.07) is 6.12. The third kappa shape index (κ3) is 3.25. The van der Waals surface area contributed by atoms with Crippen LogP contribution in [0.4, 0.5) is 4.79 Å². The van der Waals surface area contributed by atoms with Gasteiger partial charge in [0.25, 0.3) is 0 Å². The van der Waals surface area contributed by atoms with Crippen LogP contribution in [-0.2, 0) is 0 Å². The quantitative estimate of drug-likeness (QED) is 0.909. The van der Waals surface area contributed by atoms with Crippen LogP contribution in [0.3, 0.4) is 0 Å². The molecule has 2 atom stereocenters. The van der Waals surface area contributed by atoms with Crippen molar-refractivity contribution in [1.29, 1.82) is 0 Å². The second-order valence-corrected chi connectivity index (χ2v) is 5.57. The fraction of sp³-hybridized carbons (Fsp3) is 0.600. The summed E-state index contributed by atoms with van der Waals surface area (Å²) in [6.45, 7) is 7.20. The first kappa shape index (κ1) is 13.8. The molecule has 1 fully saturated rings. The zero-order valence-corrected chi connectivity index (χ0v) is 12.0. The van der Waals surface area contributed by atoms with Crippen LogP contribution in [0.5, 0.6) is 0 Å². The zero-order chi connectivity index (χ0) is 13.8. The van der Waals surface area contributed by atoms with Crippen molar-refractivity contribution in [3.8, 4) is 0 Å². The van der Waals surface area contributed by atoms with Gasteiger partial charge in [0.1, 0.15) is 0 Å². The molecule has 104 valence electrons. The van der Waals surface area contributed by atoms with E-state index in [0.717, 1.165) is 25.1 Å². The number of aromatic nitrogens is 1. The van der Waals surface area contributed by atoms with E-state index in [2.05, 4.69) is 24.1 Å². The number of rotatable bonds is 3. The second kappa shape index (κ2) is 6.04. The van der Waals surface area contributed by atoms with E-state index in [1.807, 2.05) is 30.0 Å². The first-order chi connectivity index (χ1) is 9.09. The number of carbonyl (C=O) groups excluding carboxylic acids is 1. The number of carbonyl (C=O) groups is 1. The average Bonchev–Trinajstić information content (AvgIpc) is 2.89.